The standard InChI is InChI=1S/C15H17N3O3/c16-9-11-3-5-13(6-4-11)17-15(21)18-7-1-2-12(10-18)8-14(19)20/h3-6,12H,1-2,7-8,10H2,(H,17,21)(H,19,20). The van der Waals surface area contributed by atoms with Crippen LogP contribution < -0.4 is 5.32 Å². The summed E-state index contributed by atoms with van der Waals surface area (Å²) in [5.41, 5.74) is 1.16. The first-order chi connectivity index (χ1) is 10.1. The zero-order chi connectivity index (χ0) is 15.2. The van der Waals surface area contributed by atoms with Crippen LogP contribution in [0.15, 0.2) is 24.3 Å². The van der Waals surface area contributed by atoms with E-state index in [0.717, 1.165) is 12.8 Å². The molecule has 0 aromatic heterocycles. The summed E-state index contributed by atoms with van der Waals surface area (Å²) < 4.78 is 0. The first kappa shape index (κ1) is 14.9. The third-order valence-corrected chi connectivity index (χ3v) is 3.53. The number of anilines is 1. The summed E-state index contributed by atoms with van der Waals surface area (Å²) in [5.74, 6) is -0.808. The maximum Gasteiger partial charge on any atom is 0.321 e. The number of rotatable bonds is 3. The molecule has 0 bridgehead atoms. The van der Waals surface area contributed by atoms with Crippen LogP contribution in [-0.4, -0.2) is 35.1 Å². The predicted molar refractivity (Wildman–Crippen MR) is 76.7 cm³/mol. The highest BCUT2D eigenvalue weighted by Crippen LogP contribution is 2.20. The molecule has 1 saturated heterocycles. The number of benzene rings is 1. The van der Waals surface area contributed by atoms with E-state index in [2.05, 4.69) is 5.32 Å². The zero-order valence-electron chi connectivity index (χ0n) is 11.6. The molecule has 21 heavy (non-hydrogen) atoms. The Morgan fingerprint density at radius 2 is 2.10 bits per heavy atom. The number of urea groups is 1. The molecule has 1 aliphatic heterocycles. The van der Waals surface area contributed by atoms with Gasteiger partial charge in [-0.15, -0.1) is 0 Å². The van der Waals surface area contributed by atoms with E-state index in [4.69, 9.17) is 10.4 Å². The molecule has 1 aromatic carbocycles. The van der Waals surface area contributed by atoms with E-state index in [0.29, 0.717) is 24.3 Å². The van der Waals surface area contributed by atoms with Gasteiger partial charge in [0.15, 0.2) is 0 Å². The summed E-state index contributed by atoms with van der Waals surface area (Å²) >= 11 is 0. The van der Waals surface area contributed by atoms with Crippen molar-refractivity contribution in [1.82, 2.24) is 4.90 Å². The Balaban J connectivity index is 1.92. The van der Waals surface area contributed by atoms with E-state index in [1.54, 1.807) is 29.2 Å². The number of nitrogens with one attached hydrogen (secondary N) is 1. The van der Waals surface area contributed by atoms with Crippen LogP contribution in [0, 0.1) is 17.2 Å². The molecule has 0 saturated carbocycles. The number of aliphatic carboxylic acids is 1. The molecule has 2 N–H and O–H groups in total. The first-order valence-electron chi connectivity index (χ1n) is 6.86. The Hall–Kier alpha value is -2.55. The van der Waals surface area contributed by atoms with Gasteiger partial charge in [-0.05, 0) is 43.0 Å². The second-order valence-electron chi connectivity index (χ2n) is 5.17. The molecule has 0 radical (unpaired) electrons. The van der Waals surface area contributed by atoms with Crippen LogP contribution >= 0.6 is 0 Å². The van der Waals surface area contributed by atoms with E-state index in [9.17, 15) is 9.59 Å². The van der Waals surface area contributed by atoms with Gasteiger partial charge in [-0.25, -0.2) is 4.79 Å². The van der Waals surface area contributed by atoms with Crippen LogP contribution in [0.4, 0.5) is 10.5 Å². The van der Waals surface area contributed by atoms with E-state index in [-0.39, 0.29) is 18.4 Å². The molecule has 1 unspecified atom stereocenters. The van der Waals surface area contributed by atoms with Gasteiger partial charge in [-0.1, -0.05) is 0 Å². The van der Waals surface area contributed by atoms with Gasteiger partial charge in [-0.3, -0.25) is 4.79 Å². The van der Waals surface area contributed by atoms with Crippen molar-refractivity contribution in [1.29, 1.82) is 5.26 Å². The van der Waals surface area contributed by atoms with Crippen molar-refractivity contribution < 1.29 is 14.7 Å². The summed E-state index contributed by atoms with van der Waals surface area (Å²) in [6, 6.07) is 8.42. The first-order valence-corrected chi connectivity index (χ1v) is 6.86. The summed E-state index contributed by atoms with van der Waals surface area (Å²) in [6.45, 7) is 1.10. The molecule has 0 spiro atoms. The van der Waals surface area contributed by atoms with Crippen molar-refractivity contribution in [2.45, 2.75) is 19.3 Å². The Labute approximate surface area is 123 Å². The van der Waals surface area contributed by atoms with Crippen LogP contribution in [0.25, 0.3) is 0 Å². The van der Waals surface area contributed by atoms with Gasteiger partial charge in [0.05, 0.1) is 11.6 Å². The minimum atomic E-state index is -0.825. The molecular formula is C15H17N3O3. The number of amides is 2. The van der Waals surface area contributed by atoms with Crippen molar-refractivity contribution in [3.63, 3.8) is 0 Å². The number of piperidine rings is 1. The van der Waals surface area contributed by atoms with Crippen LogP contribution in [0.1, 0.15) is 24.8 Å². The van der Waals surface area contributed by atoms with Crippen LogP contribution in [0.2, 0.25) is 0 Å². The number of hydrogen-bond acceptors (Lipinski definition) is 3. The lowest BCUT2D eigenvalue weighted by molar-refractivity contribution is -0.138. The molecule has 1 aromatic rings. The van der Waals surface area contributed by atoms with Crippen molar-refractivity contribution in [2.24, 2.45) is 5.92 Å². The molecule has 1 aliphatic rings. The summed E-state index contributed by atoms with van der Waals surface area (Å²) in [6.07, 6.45) is 1.76. The van der Waals surface area contributed by atoms with Crippen molar-refractivity contribution in [3.05, 3.63) is 29.8 Å². The number of carboxylic acids is 1. The normalized spacial score (nSPS) is 17.9. The second-order valence-corrected chi connectivity index (χ2v) is 5.17. The van der Waals surface area contributed by atoms with Crippen LogP contribution in [-0.2, 0) is 4.79 Å². The van der Waals surface area contributed by atoms with E-state index >= 15 is 0 Å². The van der Waals surface area contributed by atoms with Gasteiger partial charge < -0.3 is 15.3 Å². The lowest BCUT2D eigenvalue weighted by atomic mass is 9.95. The Kier molecular flexibility index (Phi) is 4.77. The lowest BCUT2D eigenvalue weighted by Crippen LogP contribution is -2.42. The van der Waals surface area contributed by atoms with Gasteiger partial charge in [0, 0.05) is 25.2 Å². The van der Waals surface area contributed by atoms with E-state index < -0.39 is 5.97 Å². The number of hydrogen-bond donors (Lipinski definition) is 2. The molecule has 2 amide bonds. The highest BCUT2D eigenvalue weighted by molar-refractivity contribution is 5.89. The average Bonchev–Trinajstić information content (AvgIpc) is 2.47. The SMILES string of the molecule is N#Cc1ccc(NC(=O)N2CCCC(CC(=O)O)C2)cc1. The third-order valence-electron chi connectivity index (χ3n) is 3.53. The van der Waals surface area contributed by atoms with Gasteiger partial charge in [0.25, 0.3) is 0 Å². The molecule has 1 heterocycles. The molecule has 1 fully saturated rings. The average molecular weight is 287 g/mol. The summed E-state index contributed by atoms with van der Waals surface area (Å²) in [7, 11) is 0. The maximum atomic E-state index is 12.2. The minimum absolute atomic E-state index is 0.0166. The second kappa shape index (κ2) is 6.75. The predicted octanol–water partition coefficient (Wildman–Crippen LogP) is 2.28. The quantitative estimate of drug-likeness (QED) is 0.891. The molecule has 6 heteroatoms. The molecule has 2 rings (SSSR count). The Morgan fingerprint density at radius 1 is 1.38 bits per heavy atom. The van der Waals surface area contributed by atoms with E-state index in [1.807, 2.05) is 6.07 Å². The minimum Gasteiger partial charge on any atom is -0.481 e. The number of nitrogens with zero attached hydrogens (tertiary/aromatic N) is 2. The van der Waals surface area contributed by atoms with Crippen molar-refractivity contribution >= 4 is 17.7 Å². The molecular weight excluding hydrogens is 270 g/mol. The van der Waals surface area contributed by atoms with Crippen molar-refractivity contribution in [2.75, 3.05) is 18.4 Å². The monoisotopic (exact) mass is 287 g/mol. The third kappa shape index (κ3) is 4.21. The van der Waals surface area contributed by atoms with E-state index in [1.165, 1.54) is 0 Å². The number of carboxylic acid groups (broad SMARTS) is 1. The van der Waals surface area contributed by atoms with Gasteiger partial charge in [-0.2, -0.15) is 5.26 Å². The molecule has 6 nitrogen and oxygen atoms in total. The summed E-state index contributed by atoms with van der Waals surface area (Å²) in [5, 5.41) is 20.3. The smallest absolute Gasteiger partial charge is 0.321 e. The van der Waals surface area contributed by atoms with Gasteiger partial charge >= 0.3 is 12.0 Å². The number of carbonyl (C=O) groups is 2. The number of likely N-dealkylation sites (tertiary alicyclic amines) is 1. The Morgan fingerprint density at radius 3 is 2.71 bits per heavy atom. The fourth-order valence-corrected chi connectivity index (χ4v) is 2.49. The fraction of sp³-hybridized carbons (Fsp3) is 0.400. The lowest BCUT2D eigenvalue weighted by Gasteiger charge is -2.32. The largest absolute Gasteiger partial charge is 0.481 e. The molecule has 1 atom stereocenters. The zero-order valence-corrected chi connectivity index (χ0v) is 11.6. The molecule has 0 aliphatic carbocycles. The highest BCUT2D eigenvalue weighted by Gasteiger charge is 2.25. The fourth-order valence-electron chi connectivity index (χ4n) is 2.49. The maximum absolute atomic E-state index is 12.2. The van der Waals surface area contributed by atoms with Crippen molar-refractivity contribution in [3.8, 4) is 6.07 Å². The van der Waals surface area contributed by atoms with Gasteiger partial charge in [0.2, 0.25) is 0 Å². The van der Waals surface area contributed by atoms with Crippen LogP contribution in [0.3, 0.4) is 0 Å². The Bertz CT molecular complexity index is 563. The molecule has 110 valence electrons. The summed E-state index contributed by atoms with van der Waals surface area (Å²) in [4.78, 5) is 24.6. The van der Waals surface area contributed by atoms with Gasteiger partial charge in [0.1, 0.15) is 0 Å². The highest BCUT2D eigenvalue weighted by atomic mass is 16.4. The number of nitriles is 1. The number of carbonyl (C=O) groups excluding carboxylic acids is 1. The van der Waals surface area contributed by atoms with Crippen LogP contribution in [0.5, 0.6) is 0 Å². The topological polar surface area (TPSA) is 93.4 Å².